The SMILES string of the molecule is O=[PH](OCCC(F)c1nc[nH]n1)OCCC(F)c1nc[nH]n1. The Kier molecular flexibility index (Phi) is 6.56. The maximum absolute atomic E-state index is 13.5. The highest BCUT2D eigenvalue weighted by Crippen LogP contribution is 2.28. The first-order valence-electron chi connectivity index (χ1n) is 6.46. The Morgan fingerprint density at radius 2 is 1.45 bits per heavy atom. The number of nitrogens with one attached hydrogen (secondary N) is 2. The number of rotatable bonds is 10. The van der Waals surface area contributed by atoms with E-state index in [1.165, 1.54) is 12.7 Å². The maximum atomic E-state index is 13.5. The van der Waals surface area contributed by atoms with Gasteiger partial charge in [-0.25, -0.2) is 18.7 Å². The zero-order valence-corrected chi connectivity index (χ0v) is 12.4. The number of H-pyrrole nitrogens is 2. The third-order valence-electron chi connectivity index (χ3n) is 2.61. The fraction of sp³-hybridized carbons (Fsp3) is 0.600. The van der Waals surface area contributed by atoms with Gasteiger partial charge in [0.25, 0.3) is 0 Å². The van der Waals surface area contributed by atoms with Crippen molar-refractivity contribution in [3.63, 3.8) is 0 Å². The first-order chi connectivity index (χ1) is 10.7. The second-order valence-electron chi connectivity index (χ2n) is 4.17. The molecule has 2 N–H and O–H groups in total. The summed E-state index contributed by atoms with van der Waals surface area (Å²) in [4.78, 5) is 7.31. The third kappa shape index (κ3) is 5.24. The summed E-state index contributed by atoms with van der Waals surface area (Å²) in [6.07, 6.45) is -0.419. The topological polar surface area (TPSA) is 119 Å². The Bertz CT molecular complexity index is 507. The van der Waals surface area contributed by atoms with Gasteiger partial charge in [0.15, 0.2) is 24.0 Å². The van der Waals surface area contributed by atoms with Crippen molar-refractivity contribution < 1.29 is 22.4 Å². The van der Waals surface area contributed by atoms with E-state index in [4.69, 9.17) is 9.05 Å². The molecule has 0 aliphatic heterocycles. The summed E-state index contributed by atoms with van der Waals surface area (Å²) < 4.78 is 48.1. The van der Waals surface area contributed by atoms with Crippen LogP contribution in [0.1, 0.15) is 36.8 Å². The molecule has 0 amide bonds. The number of halogens is 2. The average Bonchev–Trinajstić information content (AvgIpc) is 3.20. The van der Waals surface area contributed by atoms with Crippen LogP contribution in [0.15, 0.2) is 12.7 Å². The van der Waals surface area contributed by atoms with E-state index in [0.717, 1.165) is 0 Å². The quantitative estimate of drug-likeness (QED) is 0.635. The van der Waals surface area contributed by atoms with E-state index in [9.17, 15) is 13.3 Å². The van der Waals surface area contributed by atoms with Crippen LogP contribution in [0.25, 0.3) is 0 Å². The summed E-state index contributed by atoms with van der Waals surface area (Å²) >= 11 is 0. The van der Waals surface area contributed by atoms with Crippen molar-refractivity contribution in [2.75, 3.05) is 13.2 Å². The summed E-state index contributed by atoms with van der Waals surface area (Å²) in [5, 5.41) is 11.9. The van der Waals surface area contributed by atoms with E-state index in [2.05, 4.69) is 30.4 Å². The Morgan fingerprint density at radius 3 is 1.82 bits per heavy atom. The highest BCUT2D eigenvalue weighted by atomic mass is 31.1. The summed E-state index contributed by atoms with van der Waals surface area (Å²) in [7, 11) is -2.80. The molecule has 2 unspecified atom stereocenters. The Labute approximate surface area is 124 Å². The first kappa shape index (κ1) is 16.7. The van der Waals surface area contributed by atoms with E-state index in [0.29, 0.717) is 0 Å². The molecule has 2 heterocycles. The van der Waals surface area contributed by atoms with Gasteiger partial charge in [-0.3, -0.25) is 14.8 Å². The van der Waals surface area contributed by atoms with Crippen LogP contribution in [0.5, 0.6) is 0 Å². The predicted octanol–water partition coefficient (Wildman–Crippen LogP) is 1.85. The van der Waals surface area contributed by atoms with Crippen LogP contribution in [0.2, 0.25) is 0 Å². The van der Waals surface area contributed by atoms with Crippen molar-refractivity contribution in [2.24, 2.45) is 0 Å². The van der Waals surface area contributed by atoms with Crippen molar-refractivity contribution >= 4 is 8.25 Å². The number of hydrogen-bond acceptors (Lipinski definition) is 7. The third-order valence-corrected chi connectivity index (χ3v) is 3.49. The maximum Gasteiger partial charge on any atom is 0.319 e. The molecule has 0 bridgehead atoms. The molecule has 9 nitrogen and oxygen atoms in total. The number of hydrogen-bond donors (Lipinski definition) is 2. The van der Waals surface area contributed by atoms with Crippen molar-refractivity contribution in [1.82, 2.24) is 30.4 Å². The van der Waals surface area contributed by atoms with Gasteiger partial charge in [0, 0.05) is 12.8 Å². The normalized spacial score (nSPS) is 15.5. The molecule has 0 aliphatic carbocycles. The number of nitrogens with zero attached hydrogens (tertiary/aromatic N) is 4. The van der Waals surface area contributed by atoms with Crippen LogP contribution in [-0.4, -0.2) is 43.6 Å². The molecule has 2 atom stereocenters. The van der Waals surface area contributed by atoms with Gasteiger partial charge in [-0.15, -0.1) is 0 Å². The zero-order chi connectivity index (χ0) is 15.8. The van der Waals surface area contributed by atoms with Gasteiger partial charge in [0.1, 0.15) is 12.7 Å². The minimum atomic E-state index is -2.80. The summed E-state index contributed by atoms with van der Waals surface area (Å²) in [6, 6.07) is 0. The molecule has 0 fully saturated rings. The summed E-state index contributed by atoms with van der Waals surface area (Å²) in [5.41, 5.74) is 0. The predicted molar refractivity (Wildman–Crippen MR) is 70.6 cm³/mol. The van der Waals surface area contributed by atoms with Gasteiger partial charge in [0.05, 0.1) is 13.2 Å². The van der Waals surface area contributed by atoms with Crippen molar-refractivity contribution in [3.05, 3.63) is 24.3 Å². The van der Waals surface area contributed by atoms with Crippen LogP contribution >= 0.6 is 8.25 Å². The van der Waals surface area contributed by atoms with E-state index >= 15 is 0 Å². The molecule has 2 rings (SSSR count). The minimum Gasteiger partial charge on any atom is -0.311 e. The molecule has 122 valence electrons. The van der Waals surface area contributed by atoms with Crippen molar-refractivity contribution in [1.29, 1.82) is 0 Å². The molecule has 0 aliphatic rings. The largest absolute Gasteiger partial charge is 0.319 e. The molecule has 2 aromatic rings. The lowest BCUT2D eigenvalue weighted by Gasteiger charge is -2.07. The molecule has 12 heteroatoms. The second-order valence-corrected chi connectivity index (χ2v) is 5.25. The van der Waals surface area contributed by atoms with E-state index in [-0.39, 0.29) is 37.7 Å². The van der Waals surface area contributed by atoms with Crippen molar-refractivity contribution in [3.8, 4) is 0 Å². The molecule has 0 saturated carbocycles. The second kappa shape index (κ2) is 8.66. The van der Waals surface area contributed by atoms with Gasteiger partial charge in [0.2, 0.25) is 0 Å². The number of alkyl halides is 2. The van der Waals surface area contributed by atoms with Gasteiger partial charge < -0.3 is 9.05 Å². The fourth-order valence-electron chi connectivity index (χ4n) is 1.53. The Hall–Kier alpha value is -1.71. The van der Waals surface area contributed by atoms with Crippen molar-refractivity contribution in [2.45, 2.75) is 25.2 Å². The first-order valence-corrected chi connectivity index (χ1v) is 7.68. The van der Waals surface area contributed by atoms with Crippen LogP contribution in [-0.2, 0) is 13.6 Å². The molecule has 0 radical (unpaired) electrons. The molecule has 22 heavy (non-hydrogen) atoms. The summed E-state index contributed by atoms with van der Waals surface area (Å²) in [5.74, 6) is 0.0203. The highest BCUT2D eigenvalue weighted by Gasteiger charge is 2.16. The molecular weight excluding hydrogens is 321 g/mol. The lowest BCUT2D eigenvalue weighted by molar-refractivity contribution is 0.179. The standard InChI is InChI=1S/C10H15F2N6O3P/c11-7(9-13-5-15-17-9)1-3-20-22(19)21-4-2-8(12)10-14-6-16-18-10/h5-8,22H,1-4H2,(H,13,15,17)(H,14,16,18). The Morgan fingerprint density at radius 1 is 1.00 bits per heavy atom. The van der Waals surface area contributed by atoms with E-state index in [1.807, 2.05) is 0 Å². The van der Waals surface area contributed by atoms with Crippen LogP contribution in [0.3, 0.4) is 0 Å². The van der Waals surface area contributed by atoms with Gasteiger partial charge >= 0.3 is 8.25 Å². The molecular formula is C10H15F2N6O3P. The minimum absolute atomic E-state index is 0.0102. The zero-order valence-electron chi connectivity index (χ0n) is 11.4. The monoisotopic (exact) mass is 336 g/mol. The van der Waals surface area contributed by atoms with Gasteiger partial charge in [-0.1, -0.05) is 0 Å². The smallest absolute Gasteiger partial charge is 0.311 e. The highest BCUT2D eigenvalue weighted by molar-refractivity contribution is 7.33. The molecule has 0 saturated heterocycles. The van der Waals surface area contributed by atoms with Gasteiger partial charge in [-0.05, 0) is 0 Å². The summed E-state index contributed by atoms with van der Waals surface area (Å²) in [6.45, 7) is -0.235. The molecule has 2 aromatic heterocycles. The van der Waals surface area contributed by atoms with Gasteiger partial charge in [-0.2, -0.15) is 10.2 Å². The molecule has 0 spiro atoms. The fourth-order valence-corrected chi connectivity index (χ4v) is 2.18. The lowest BCUT2D eigenvalue weighted by atomic mass is 10.3. The van der Waals surface area contributed by atoms with E-state index < -0.39 is 20.6 Å². The number of aromatic amines is 2. The van der Waals surface area contributed by atoms with Crippen LogP contribution in [0.4, 0.5) is 8.78 Å². The Balaban J connectivity index is 1.56. The van der Waals surface area contributed by atoms with E-state index in [1.54, 1.807) is 0 Å². The molecule has 0 aromatic carbocycles. The average molecular weight is 336 g/mol. The van der Waals surface area contributed by atoms with Crippen LogP contribution < -0.4 is 0 Å². The lowest BCUT2D eigenvalue weighted by Crippen LogP contribution is -2.01. The number of aromatic nitrogens is 6. The van der Waals surface area contributed by atoms with Crippen LogP contribution in [0, 0.1) is 0 Å².